The van der Waals surface area contributed by atoms with Crippen LogP contribution >= 0.6 is 7.37 Å². The molecule has 0 amide bonds. The van der Waals surface area contributed by atoms with Crippen LogP contribution in [0.1, 0.15) is 23.7 Å². The summed E-state index contributed by atoms with van der Waals surface area (Å²) >= 11 is 0. The lowest BCUT2D eigenvalue weighted by atomic mass is 10.1. The topological polar surface area (TPSA) is 96.7 Å². The normalized spacial score (nSPS) is 12.6. The number of aromatic nitrogens is 1. The summed E-state index contributed by atoms with van der Waals surface area (Å²) < 4.78 is 16.9. The van der Waals surface area contributed by atoms with E-state index in [-0.39, 0.29) is 5.44 Å². The van der Waals surface area contributed by atoms with E-state index >= 15 is 0 Å². The Morgan fingerprint density at radius 1 is 1.20 bits per heavy atom. The number of benzene rings is 1. The molecule has 0 fully saturated rings. The molecule has 1 heterocycles. The first-order valence-electron chi connectivity index (χ1n) is 7.56. The van der Waals surface area contributed by atoms with Gasteiger partial charge < -0.3 is 14.7 Å². The zero-order valence-corrected chi connectivity index (χ0v) is 14.8. The zero-order valence-electron chi connectivity index (χ0n) is 13.9. The predicted molar refractivity (Wildman–Crippen MR) is 94.6 cm³/mol. The van der Waals surface area contributed by atoms with E-state index in [2.05, 4.69) is 16.8 Å². The molecule has 25 heavy (non-hydrogen) atoms. The maximum absolute atomic E-state index is 11.8. The Labute approximate surface area is 146 Å². The first-order valence-corrected chi connectivity index (χ1v) is 9.67. The van der Waals surface area contributed by atoms with Crippen LogP contribution in [-0.4, -0.2) is 34.2 Å². The van der Waals surface area contributed by atoms with Gasteiger partial charge in [-0.05, 0) is 42.8 Å². The van der Waals surface area contributed by atoms with Gasteiger partial charge in [-0.2, -0.15) is 0 Å². The van der Waals surface area contributed by atoms with E-state index in [0.717, 1.165) is 0 Å². The minimum Gasteiger partial charge on any atom is -0.482 e. The molecule has 1 unspecified atom stereocenters. The highest BCUT2D eigenvalue weighted by atomic mass is 31.2. The van der Waals surface area contributed by atoms with Crippen molar-refractivity contribution in [1.29, 1.82) is 0 Å². The fourth-order valence-electron chi connectivity index (χ4n) is 1.96. The van der Waals surface area contributed by atoms with Crippen molar-refractivity contribution >= 4 is 18.8 Å². The highest BCUT2D eigenvalue weighted by molar-refractivity contribution is 7.65. The maximum atomic E-state index is 11.8. The molecule has 0 spiro atoms. The molecule has 1 aromatic heterocycles. The van der Waals surface area contributed by atoms with Crippen molar-refractivity contribution in [2.45, 2.75) is 13.3 Å². The molecule has 0 aliphatic rings. The standard InChI is InChI=1S/C18H18NO5P/c1-3-15-10-14(11-17(19-15)25(2,22)23)5-4-13-6-8-16(9-7-13)24-12-18(20)21/h6-11H,3,12H2,1-2H3,(H,20,21)(H,22,23). The van der Waals surface area contributed by atoms with E-state index in [1.165, 1.54) is 12.7 Å². The average Bonchev–Trinajstić information content (AvgIpc) is 2.58. The molecule has 1 atom stereocenters. The third kappa shape index (κ3) is 5.75. The SMILES string of the molecule is CCc1cc(C#Cc2ccc(OCC(=O)O)cc2)cc(P(C)(=O)O)n1. The second-order valence-electron chi connectivity index (χ2n) is 5.39. The van der Waals surface area contributed by atoms with Gasteiger partial charge >= 0.3 is 5.97 Å². The van der Waals surface area contributed by atoms with Gasteiger partial charge in [0.2, 0.25) is 7.37 Å². The molecular formula is C18H18NO5P. The second-order valence-corrected chi connectivity index (χ2v) is 7.61. The molecule has 7 heteroatoms. The number of hydrogen-bond donors (Lipinski definition) is 2. The minimum atomic E-state index is -3.45. The lowest BCUT2D eigenvalue weighted by Crippen LogP contribution is -2.11. The molecule has 2 N–H and O–H groups in total. The molecular weight excluding hydrogens is 341 g/mol. The monoisotopic (exact) mass is 359 g/mol. The van der Waals surface area contributed by atoms with E-state index in [0.29, 0.717) is 29.0 Å². The number of aliphatic carboxylic acids is 1. The summed E-state index contributed by atoms with van der Waals surface area (Å²) in [6.45, 7) is 2.77. The smallest absolute Gasteiger partial charge is 0.341 e. The van der Waals surface area contributed by atoms with Crippen molar-refractivity contribution in [3.8, 4) is 17.6 Å². The molecule has 0 saturated carbocycles. The van der Waals surface area contributed by atoms with Gasteiger partial charge in [0.25, 0.3) is 0 Å². The van der Waals surface area contributed by atoms with Gasteiger partial charge in [-0.3, -0.25) is 4.57 Å². The van der Waals surface area contributed by atoms with Crippen molar-refractivity contribution in [3.63, 3.8) is 0 Å². The summed E-state index contributed by atoms with van der Waals surface area (Å²) in [6, 6.07) is 10.0. The Morgan fingerprint density at radius 3 is 2.40 bits per heavy atom. The number of carboxylic acids is 1. The maximum Gasteiger partial charge on any atom is 0.341 e. The molecule has 2 aromatic rings. The number of rotatable bonds is 5. The highest BCUT2D eigenvalue weighted by Crippen LogP contribution is 2.33. The number of hydrogen-bond acceptors (Lipinski definition) is 4. The third-order valence-corrected chi connectivity index (χ3v) is 4.30. The first kappa shape index (κ1) is 18.7. The molecule has 0 aliphatic heterocycles. The molecule has 6 nitrogen and oxygen atoms in total. The molecule has 0 radical (unpaired) electrons. The van der Waals surface area contributed by atoms with Crippen molar-refractivity contribution < 1.29 is 24.1 Å². The number of pyridine rings is 1. The van der Waals surface area contributed by atoms with Crippen LogP contribution in [0.25, 0.3) is 0 Å². The largest absolute Gasteiger partial charge is 0.482 e. The molecule has 1 aromatic carbocycles. The first-order chi connectivity index (χ1) is 11.8. The van der Waals surface area contributed by atoms with Crippen LogP contribution in [-0.2, 0) is 15.8 Å². The van der Waals surface area contributed by atoms with Gasteiger partial charge in [0.15, 0.2) is 6.61 Å². The lowest BCUT2D eigenvalue weighted by Gasteiger charge is -2.07. The van der Waals surface area contributed by atoms with Crippen molar-refractivity contribution in [2.24, 2.45) is 0 Å². The molecule has 0 bridgehead atoms. The third-order valence-electron chi connectivity index (χ3n) is 3.22. The van der Waals surface area contributed by atoms with Gasteiger partial charge in [0.05, 0.1) is 0 Å². The lowest BCUT2D eigenvalue weighted by molar-refractivity contribution is -0.139. The average molecular weight is 359 g/mol. The van der Waals surface area contributed by atoms with E-state index in [1.54, 1.807) is 30.3 Å². The van der Waals surface area contributed by atoms with Crippen LogP contribution in [0.4, 0.5) is 0 Å². The zero-order chi connectivity index (χ0) is 18.4. The van der Waals surface area contributed by atoms with Crippen molar-refractivity contribution in [3.05, 3.63) is 53.2 Å². The summed E-state index contributed by atoms with van der Waals surface area (Å²) in [7, 11) is -3.45. The van der Waals surface area contributed by atoms with Crippen LogP contribution in [0, 0.1) is 11.8 Å². The summed E-state index contributed by atoms with van der Waals surface area (Å²) in [5.74, 6) is 5.33. The number of ether oxygens (including phenoxy) is 1. The molecule has 2 rings (SSSR count). The van der Waals surface area contributed by atoms with E-state index < -0.39 is 19.9 Å². The minimum absolute atomic E-state index is 0.147. The number of aryl methyl sites for hydroxylation is 1. The van der Waals surface area contributed by atoms with Crippen LogP contribution in [0.2, 0.25) is 0 Å². The Kier molecular flexibility index (Phi) is 5.97. The number of nitrogens with zero attached hydrogens (tertiary/aromatic N) is 1. The molecule has 130 valence electrons. The summed E-state index contributed by atoms with van der Waals surface area (Å²) in [4.78, 5) is 24.4. The van der Waals surface area contributed by atoms with E-state index in [9.17, 15) is 14.3 Å². The van der Waals surface area contributed by atoms with E-state index in [1.807, 2.05) is 6.92 Å². The van der Waals surface area contributed by atoms with Crippen LogP contribution in [0.15, 0.2) is 36.4 Å². The van der Waals surface area contributed by atoms with Gasteiger partial charge in [0, 0.05) is 23.5 Å². The fourth-order valence-corrected chi connectivity index (χ4v) is 2.65. The Bertz CT molecular complexity index is 875. The Balaban J connectivity index is 2.23. The van der Waals surface area contributed by atoms with Gasteiger partial charge in [-0.1, -0.05) is 18.8 Å². The Morgan fingerprint density at radius 2 is 1.84 bits per heavy atom. The fraction of sp³-hybridized carbons (Fsp3) is 0.222. The van der Waals surface area contributed by atoms with Crippen LogP contribution in [0.5, 0.6) is 5.75 Å². The molecule has 0 saturated heterocycles. The quantitative estimate of drug-likeness (QED) is 0.626. The highest BCUT2D eigenvalue weighted by Gasteiger charge is 2.16. The Hall–Kier alpha value is -2.61. The van der Waals surface area contributed by atoms with Crippen molar-refractivity contribution in [2.75, 3.05) is 13.3 Å². The van der Waals surface area contributed by atoms with Gasteiger partial charge in [-0.25, -0.2) is 9.78 Å². The second kappa shape index (κ2) is 7.98. The number of carboxylic acid groups (broad SMARTS) is 1. The van der Waals surface area contributed by atoms with E-state index in [4.69, 9.17) is 9.84 Å². The van der Waals surface area contributed by atoms with Crippen LogP contribution in [0.3, 0.4) is 0 Å². The van der Waals surface area contributed by atoms with Gasteiger partial charge in [-0.15, -0.1) is 0 Å². The summed E-state index contributed by atoms with van der Waals surface area (Å²) in [5.41, 5.74) is 2.18. The summed E-state index contributed by atoms with van der Waals surface area (Å²) in [5, 5.41) is 8.57. The summed E-state index contributed by atoms with van der Waals surface area (Å²) in [6.07, 6.45) is 0.637. The molecule has 0 aliphatic carbocycles. The van der Waals surface area contributed by atoms with Crippen LogP contribution < -0.4 is 10.2 Å². The number of carbonyl (C=O) groups is 1. The predicted octanol–water partition coefficient (Wildman–Crippen LogP) is 2.03. The van der Waals surface area contributed by atoms with Gasteiger partial charge in [0.1, 0.15) is 11.2 Å². The van der Waals surface area contributed by atoms with Crippen molar-refractivity contribution in [1.82, 2.24) is 4.98 Å².